The first-order valence-corrected chi connectivity index (χ1v) is 7.56. The maximum absolute atomic E-state index is 10.9. The molecule has 104 valence electrons. The molecular formula is C19H22O. The number of aliphatic hydroxyl groups is 1. The summed E-state index contributed by atoms with van der Waals surface area (Å²) >= 11 is 0. The third-order valence-corrected chi connectivity index (χ3v) is 4.50. The van der Waals surface area contributed by atoms with Gasteiger partial charge in [0.2, 0.25) is 0 Å². The molecule has 0 heterocycles. The van der Waals surface area contributed by atoms with E-state index in [1.807, 2.05) is 6.07 Å². The highest BCUT2D eigenvalue weighted by molar-refractivity contribution is 5.63. The van der Waals surface area contributed by atoms with Crippen LogP contribution in [0.15, 0.2) is 54.6 Å². The van der Waals surface area contributed by atoms with Gasteiger partial charge < -0.3 is 5.11 Å². The second-order valence-corrected chi connectivity index (χ2v) is 6.18. The Bertz CT molecular complexity index is 558. The van der Waals surface area contributed by atoms with Gasteiger partial charge in [-0.05, 0) is 41.9 Å². The van der Waals surface area contributed by atoms with Crippen LogP contribution in [0.25, 0.3) is 11.1 Å². The molecule has 2 unspecified atom stereocenters. The quantitative estimate of drug-likeness (QED) is 0.831. The zero-order valence-corrected chi connectivity index (χ0v) is 12.0. The van der Waals surface area contributed by atoms with Crippen LogP contribution in [0.3, 0.4) is 0 Å². The molecule has 2 atom stereocenters. The maximum atomic E-state index is 10.9. The summed E-state index contributed by atoms with van der Waals surface area (Å²) in [5.74, 6) is 0.613. The van der Waals surface area contributed by atoms with E-state index in [9.17, 15) is 5.11 Å². The van der Waals surface area contributed by atoms with Gasteiger partial charge in [-0.3, -0.25) is 0 Å². The van der Waals surface area contributed by atoms with Gasteiger partial charge in [0.15, 0.2) is 0 Å². The molecule has 20 heavy (non-hydrogen) atoms. The Balaban J connectivity index is 1.86. The molecular weight excluding hydrogens is 244 g/mol. The van der Waals surface area contributed by atoms with E-state index in [1.165, 1.54) is 17.5 Å². The van der Waals surface area contributed by atoms with Crippen LogP contribution in [-0.4, -0.2) is 5.11 Å². The number of rotatable bonds is 2. The SMILES string of the molecule is CC1CCCC(O)(c2ccc(-c3ccccc3)cc2)C1. The Morgan fingerprint density at radius 1 is 0.950 bits per heavy atom. The molecule has 1 N–H and O–H groups in total. The summed E-state index contributed by atoms with van der Waals surface area (Å²) in [5, 5.41) is 10.9. The molecule has 1 heteroatoms. The zero-order valence-electron chi connectivity index (χ0n) is 12.0. The molecule has 0 saturated heterocycles. The van der Waals surface area contributed by atoms with Gasteiger partial charge in [0, 0.05) is 0 Å². The molecule has 2 aromatic carbocycles. The van der Waals surface area contributed by atoms with Gasteiger partial charge in [-0.25, -0.2) is 0 Å². The van der Waals surface area contributed by atoms with Gasteiger partial charge in [0.25, 0.3) is 0 Å². The standard InChI is InChI=1S/C19H22O/c1-15-6-5-13-19(20,14-15)18-11-9-17(10-12-18)16-7-3-2-4-8-16/h2-4,7-12,15,20H,5-6,13-14H2,1H3. The van der Waals surface area contributed by atoms with Crippen molar-refractivity contribution in [3.63, 3.8) is 0 Å². The van der Waals surface area contributed by atoms with E-state index in [0.29, 0.717) is 5.92 Å². The smallest absolute Gasteiger partial charge is 0.0899 e. The number of hydrogen-bond acceptors (Lipinski definition) is 1. The highest BCUT2D eigenvalue weighted by Gasteiger charge is 2.34. The lowest BCUT2D eigenvalue weighted by molar-refractivity contribution is -0.0178. The summed E-state index contributed by atoms with van der Waals surface area (Å²) in [7, 11) is 0. The van der Waals surface area contributed by atoms with E-state index < -0.39 is 5.60 Å². The third kappa shape index (κ3) is 2.64. The molecule has 0 radical (unpaired) electrons. The van der Waals surface area contributed by atoms with Gasteiger partial charge in [-0.15, -0.1) is 0 Å². The van der Waals surface area contributed by atoms with Gasteiger partial charge in [0.1, 0.15) is 0 Å². The van der Waals surface area contributed by atoms with E-state index in [2.05, 4.69) is 55.5 Å². The Kier molecular flexibility index (Phi) is 3.62. The molecule has 2 aromatic rings. The molecule has 1 aliphatic rings. The van der Waals surface area contributed by atoms with Crippen molar-refractivity contribution in [2.24, 2.45) is 5.92 Å². The molecule has 0 amide bonds. The van der Waals surface area contributed by atoms with Crippen molar-refractivity contribution in [1.82, 2.24) is 0 Å². The Morgan fingerprint density at radius 2 is 1.60 bits per heavy atom. The summed E-state index contributed by atoms with van der Waals surface area (Å²) in [5.41, 5.74) is 2.89. The number of hydrogen-bond donors (Lipinski definition) is 1. The first-order chi connectivity index (χ1) is 9.67. The molecule has 3 rings (SSSR count). The molecule has 0 aromatic heterocycles. The van der Waals surface area contributed by atoms with E-state index in [-0.39, 0.29) is 0 Å². The monoisotopic (exact) mass is 266 g/mol. The zero-order chi connectivity index (χ0) is 14.0. The molecule has 1 fully saturated rings. The summed E-state index contributed by atoms with van der Waals surface area (Å²) in [6.45, 7) is 2.24. The van der Waals surface area contributed by atoms with Crippen molar-refractivity contribution in [2.75, 3.05) is 0 Å². The fraction of sp³-hybridized carbons (Fsp3) is 0.368. The minimum atomic E-state index is -0.618. The normalized spacial score (nSPS) is 26.4. The van der Waals surface area contributed by atoms with Crippen molar-refractivity contribution in [2.45, 2.75) is 38.2 Å². The number of benzene rings is 2. The van der Waals surface area contributed by atoms with Gasteiger partial charge in [-0.1, -0.05) is 67.9 Å². The fourth-order valence-electron chi connectivity index (χ4n) is 3.39. The van der Waals surface area contributed by atoms with E-state index in [1.54, 1.807) is 0 Å². The Hall–Kier alpha value is -1.60. The summed E-state index contributed by atoms with van der Waals surface area (Å²) in [6, 6.07) is 18.8. The summed E-state index contributed by atoms with van der Waals surface area (Å²) in [6.07, 6.45) is 4.14. The predicted molar refractivity (Wildman–Crippen MR) is 83.4 cm³/mol. The van der Waals surface area contributed by atoms with E-state index in [4.69, 9.17) is 0 Å². The van der Waals surface area contributed by atoms with Crippen LogP contribution >= 0.6 is 0 Å². The van der Waals surface area contributed by atoms with Crippen molar-refractivity contribution in [3.8, 4) is 11.1 Å². The average molecular weight is 266 g/mol. The molecule has 1 aliphatic carbocycles. The van der Waals surface area contributed by atoms with E-state index in [0.717, 1.165) is 24.8 Å². The highest BCUT2D eigenvalue weighted by atomic mass is 16.3. The van der Waals surface area contributed by atoms with Gasteiger partial charge >= 0.3 is 0 Å². The van der Waals surface area contributed by atoms with Crippen LogP contribution in [0.2, 0.25) is 0 Å². The van der Waals surface area contributed by atoms with Crippen molar-refractivity contribution >= 4 is 0 Å². The third-order valence-electron chi connectivity index (χ3n) is 4.50. The minimum absolute atomic E-state index is 0.613. The Morgan fingerprint density at radius 3 is 2.25 bits per heavy atom. The van der Waals surface area contributed by atoms with Crippen LogP contribution in [0.4, 0.5) is 0 Å². The lowest BCUT2D eigenvalue weighted by Crippen LogP contribution is -2.31. The molecule has 0 bridgehead atoms. The van der Waals surface area contributed by atoms with Crippen LogP contribution in [0.5, 0.6) is 0 Å². The Labute approximate surface area is 121 Å². The second kappa shape index (κ2) is 5.41. The van der Waals surface area contributed by atoms with Crippen LogP contribution in [0, 0.1) is 5.92 Å². The van der Waals surface area contributed by atoms with E-state index >= 15 is 0 Å². The first kappa shape index (κ1) is 13.4. The lowest BCUT2D eigenvalue weighted by atomic mass is 9.75. The van der Waals surface area contributed by atoms with Crippen LogP contribution in [0.1, 0.15) is 38.2 Å². The minimum Gasteiger partial charge on any atom is -0.385 e. The molecule has 1 saturated carbocycles. The highest BCUT2D eigenvalue weighted by Crippen LogP contribution is 2.40. The average Bonchev–Trinajstić information content (AvgIpc) is 2.48. The van der Waals surface area contributed by atoms with Crippen molar-refractivity contribution < 1.29 is 5.11 Å². The maximum Gasteiger partial charge on any atom is 0.0899 e. The predicted octanol–water partition coefficient (Wildman–Crippen LogP) is 4.75. The largest absolute Gasteiger partial charge is 0.385 e. The van der Waals surface area contributed by atoms with Gasteiger partial charge in [-0.2, -0.15) is 0 Å². The molecule has 1 nitrogen and oxygen atoms in total. The molecule has 0 spiro atoms. The van der Waals surface area contributed by atoms with Crippen LogP contribution < -0.4 is 0 Å². The molecule has 0 aliphatic heterocycles. The van der Waals surface area contributed by atoms with Crippen molar-refractivity contribution in [1.29, 1.82) is 0 Å². The van der Waals surface area contributed by atoms with Crippen LogP contribution in [-0.2, 0) is 5.60 Å². The van der Waals surface area contributed by atoms with Crippen molar-refractivity contribution in [3.05, 3.63) is 60.2 Å². The summed E-state index contributed by atoms with van der Waals surface area (Å²) in [4.78, 5) is 0. The second-order valence-electron chi connectivity index (χ2n) is 6.18. The van der Waals surface area contributed by atoms with Gasteiger partial charge in [0.05, 0.1) is 5.60 Å². The lowest BCUT2D eigenvalue weighted by Gasteiger charge is -2.36. The summed E-state index contributed by atoms with van der Waals surface area (Å²) < 4.78 is 0. The topological polar surface area (TPSA) is 20.2 Å². The first-order valence-electron chi connectivity index (χ1n) is 7.56. The fourth-order valence-corrected chi connectivity index (χ4v) is 3.39.